The topological polar surface area (TPSA) is 120 Å². The van der Waals surface area contributed by atoms with Crippen LogP contribution in [0, 0.1) is 6.92 Å². The molecule has 0 saturated heterocycles. The van der Waals surface area contributed by atoms with E-state index in [0.717, 1.165) is 16.3 Å². The monoisotopic (exact) mass is 440 g/mol. The maximum Gasteiger partial charge on any atom is 0.407 e. The Balaban J connectivity index is 2.02. The van der Waals surface area contributed by atoms with Crippen molar-refractivity contribution in [3.05, 3.63) is 51.5 Å². The lowest BCUT2D eigenvalue weighted by atomic mass is 10.1. The summed E-state index contributed by atoms with van der Waals surface area (Å²) in [4.78, 5) is 29.7. The summed E-state index contributed by atoms with van der Waals surface area (Å²) in [5.74, 6) is -0.843. The van der Waals surface area contributed by atoms with Gasteiger partial charge in [0.05, 0.1) is 6.54 Å². The van der Waals surface area contributed by atoms with Crippen molar-refractivity contribution in [3.63, 3.8) is 0 Å². The number of aromatic nitrogens is 1. The molecule has 0 spiro atoms. The third kappa shape index (κ3) is 6.51. The first-order valence-electron chi connectivity index (χ1n) is 8.83. The molecule has 0 aliphatic heterocycles. The van der Waals surface area contributed by atoms with Crippen LogP contribution in [0.15, 0.2) is 30.3 Å². The number of hydrogen-bond donors (Lipinski definition) is 2. The molecule has 0 bridgehead atoms. The highest BCUT2D eigenvalue weighted by Crippen LogP contribution is 2.20. The van der Waals surface area contributed by atoms with Gasteiger partial charge in [-0.1, -0.05) is 30.3 Å². The average molecular weight is 441 g/mol. The van der Waals surface area contributed by atoms with Crippen molar-refractivity contribution < 1.29 is 23.1 Å². The quantitative estimate of drug-likeness (QED) is 0.616. The van der Waals surface area contributed by atoms with Crippen LogP contribution in [0.3, 0.4) is 0 Å². The SMILES string of the molecule is Cc1sc(CN(CCCc2ccccc2)C(=O)O)nc1C(=O)NS(=O)(=O)N(C)C. The zero-order valence-electron chi connectivity index (χ0n) is 16.5. The zero-order valence-corrected chi connectivity index (χ0v) is 18.1. The van der Waals surface area contributed by atoms with Crippen LogP contribution in [0.5, 0.6) is 0 Å². The minimum absolute atomic E-state index is 0.0231. The lowest BCUT2D eigenvalue weighted by Crippen LogP contribution is -2.39. The van der Waals surface area contributed by atoms with E-state index in [4.69, 9.17) is 0 Å². The Labute approximate surface area is 174 Å². The fraction of sp³-hybridized carbons (Fsp3) is 0.389. The Kier molecular flexibility index (Phi) is 7.71. The minimum atomic E-state index is -3.93. The second-order valence-electron chi connectivity index (χ2n) is 6.52. The molecule has 29 heavy (non-hydrogen) atoms. The third-order valence-corrected chi connectivity index (χ3v) is 6.45. The molecule has 1 aromatic heterocycles. The molecule has 0 fully saturated rings. The first-order chi connectivity index (χ1) is 13.6. The highest BCUT2D eigenvalue weighted by molar-refractivity contribution is 7.87. The zero-order chi connectivity index (χ0) is 21.6. The summed E-state index contributed by atoms with van der Waals surface area (Å²) in [6, 6.07) is 9.77. The summed E-state index contributed by atoms with van der Waals surface area (Å²) >= 11 is 1.17. The molecule has 1 aromatic carbocycles. The lowest BCUT2D eigenvalue weighted by molar-refractivity contribution is 0.0974. The number of carbonyl (C=O) groups is 2. The van der Waals surface area contributed by atoms with E-state index in [2.05, 4.69) is 4.98 Å². The summed E-state index contributed by atoms with van der Waals surface area (Å²) in [7, 11) is -1.33. The first-order valence-corrected chi connectivity index (χ1v) is 11.1. The van der Waals surface area contributed by atoms with Crippen molar-refractivity contribution in [3.8, 4) is 0 Å². The van der Waals surface area contributed by atoms with Gasteiger partial charge in [-0.2, -0.15) is 12.7 Å². The number of rotatable bonds is 9. The number of hydrogen-bond acceptors (Lipinski definition) is 6. The van der Waals surface area contributed by atoms with Crippen LogP contribution < -0.4 is 4.72 Å². The van der Waals surface area contributed by atoms with Gasteiger partial charge in [0, 0.05) is 25.5 Å². The van der Waals surface area contributed by atoms with Gasteiger partial charge >= 0.3 is 16.3 Å². The number of thiazole rings is 1. The van der Waals surface area contributed by atoms with Crippen molar-refractivity contribution >= 4 is 33.5 Å². The fourth-order valence-electron chi connectivity index (χ4n) is 2.51. The number of aryl methyl sites for hydroxylation is 2. The Hall–Kier alpha value is -2.50. The molecule has 0 aliphatic carbocycles. The molecule has 11 heteroatoms. The lowest BCUT2D eigenvalue weighted by Gasteiger charge is -2.17. The average Bonchev–Trinajstić information content (AvgIpc) is 3.01. The van der Waals surface area contributed by atoms with Crippen molar-refractivity contribution in [2.75, 3.05) is 20.6 Å². The Bertz CT molecular complexity index is 958. The van der Waals surface area contributed by atoms with E-state index in [0.29, 0.717) is 22.9 Å². The standard InChI is InChI=1S/C18H24N4O5S2/c1-13-16(17(23)20-29(26,27)21(2)3)19-15(28-13)12-22(18(24)25)11-7-10-14-8-5-4-6-9-14/h4-6,8-9H,7,10-12H2,1-3H3,(H,20,23)(H,24,25). The second-order valence-corrected chi connectivity index (χ2v) is 9.70. The maximum atomic E-state index is 12.2. The van der Waals surface area contributed by atoms with Crippen molar-refractivity contribution in [1.29, 1.82) is 0 Å². The van der Waals surface area contributed by atoms with Gasteiger partial charge in [-0.25, -0.2) is 14.5 Å². The predicted octanol–water partition coefficient (Wildman–Crippen LogP) is 2.10. The van der Waals surface area contributed by atoms with E-state index in [9.17, 15) is 23.1 Å². The molecule has 0 atom stereocenters. The Morgan fingerprint density at radius 2 is 1.86 bits per heavy atom. The van der Waals surface area contributed by atoms with Gasteiger partial charge in [-0.05, 0) is 25.3 Å². The molecule has 158 valence electrons. The van der Waals surface area contributed by atoms with E-state index < -0.39 is 22.2 Å². The summed E-state index contributed by atoms with van der Waals surface area (Å²) in [5.41, 5.74) is 1.11. The molecule has 2 aromatic rings. The van der Waals surface area contributed by atoms with Crippen LogP contribution in [-0.2, 0) is 23.2 Å². The molecule has 0 unspecified atom stereocenters. The molecular weight excluding hydrogens is 416 g/mol. The molecule has 2 amide bonds. The fourth-order valence-corrected chi connectivity index (χ4v) is 3.97. The van der Waals surface area contributed by atoms with Gasteiger partial charge in [0.2, 0.25) is 0 Å². The van der Waals surface area contributed by atoms with Gasteiger partial charge in [0.1, 0.15) is 10.7 Å². The number of amides is 2. The molecule has 0 aliphatic rings. The van der Waals surface area contributed by atoms with Crippen LogP contribution >= 0.6 is 11.3 Å². The number of carboxylic acid groups (broad SMARTS) is 1. The van der Waals surface area contributed by atoms with Crippen LogP contribution in [0.1, 0.15) is 32.4 Å². The molecular formula is C18H24N4O5S2. The number of nitrogens with one attached hydrogen (secondary N) is 1. The van der Waals surface area contributed by atoms with Gasteiger partial charge in [-0.3, -0.25) is 4.79 Å². The van der Waals surface area contributed by atoms with Crippen molar-refractivity contribution in [1.82, 2.24) is 18.9 Å². The van der Waals surface area contributed by atoms with E-state index in [1.54, 1.807) is 6.92 Å². The second kappa shape index (κ2) is 9.81. The highest BCUT2D eigenvalue weighted by atomic mass is 32.2. The molecule has 0 radical (unpaired) electrons. The van der Waals surface area contributed by atoms with E-state index in [1.807, 2.05) is 35.1 Å². The maximum absolute atomic E-state index is 12.2. The molecule has 9 nitrogen and oxygen atoms in total. The summed E-state index contributed by atoms with van der Waals surface area (Å²) < 4.78 is 26.4. The molecule has 2 N–H and O–H groups in total. The minimum Gasteiger partial charge on any atom is -0.465 e. The van der Waals surface area contributed by atoms with E-state index in [1.165, 1.54) is 30.3 Å². The smallest absolute Gasteiger partial charge is 0.407 e. The third-order valence-electron chi connectivity index (χ3n) is 4.09. The van der Waals surface area contributed by atoms with Gasteiger partial charge in [0.25, 0.3) is 5.91 Å². The number of benzene rings is 1. The van der Waals surface area contributed by atoms with Gasteiger partial charge < -0.3 is 10.0 Å². The molecule has 0 saturated carbocycles. The van der Waals surface area contributed by atoms with Crippen LogP contribution in [0.2, 0.25) is 0 Å². The van der Waals surface area contributed by atoms with E-state index in [-0.39, 0.29) is 12.2 Å². The van der Waals surface area contributed by atoms with Crippen LogP contribution in [0.25, 0.3) is 0 Å². The van der Waals surface area contributed by atoms with Gasteiger partial charge in [0.15, 0.2) is 0 Å². The number of carbonyl (C=O) groups excluding carboxylic acids is 1. The Morgan fingerprint density at radius 1 is 1.21 bits per heavy atom. The predicted molar refractivity (Wildman–Crippen MR) is 110 cm³/mol. The largest absolute Gasteiger partial charge is 0.465 e. The normalized spacial score (nSPS) is 11.4. The molecule has 1 heterocycles. The summed E-state index contributed by atoms with van der Waals surface area (Å²) in [5, 5.41) is 9.90. The first kappa shape index (κ1) is 22.8. The van der Waals surface area contributed by atoms with Crippen molar-refractivity contribution in [2.45, 2.75) is 26.3 Å². The number of nitrogens with zero attached hydrogens (tertiary/aromatic N) is 3. The van der Waals surface area contributed by atoms with Crippen LogP contribution in [0.4, 0.5) is 4.79 Å². The van der Waals surface area contributed by atoms with Crippen molar-refractivity contribution in [2.24, 2.45) is 0 Å². The highest BCUT2D eigenvalue weighted by Gasteiger charge is 2.23. The van der Waals surface area contributed by atoms with Gasteiger partial charge in [-0.15, -0.1) is 11.3 Å². The van der Waals surface area contributed by atoms with E-state index >= 15 is 0 Å². The van der Waals surface area contributed by atoms with Crippen LogP contribution in [-0.4, -0.2) is 60.4 Å². The summed E-state index contributed by atoms with van der Waals surface area (Å²) in [6.07, 6.45) is 0.319. The Morgan fingerprint density at radius 3 is 2.45 bits per heavy atom. The molecule has 2 rings (SSSR count). The summed E-state index contributed by atoms with van der Waals surface area (Å²) in [6.45, 7) is 1.99.